The molecule has 1 unspecified atom stereocenters. The Balaban J connectivity index is 2.49. The second-order valence-corrected chi connectivity index (χ2v) is 11.1. The third-order valence-electron chi connectivity index (χ3n) is 7.74. The van der Waals surface area contributed by atoms with Crippen molar-refractivity contribution in [1.29, 1.82) is 0 Å². The van der Waals surface area contributed by atoms with E-state index in [1.165, 1.54) is 88.4 Å². The summed E-state index contributed by atoms with van der Waals surface area (Å²) in [6.45, 7) is 4.41. The van der Waals surface area contributed by atoms with Crippen molar-refractivity contribution in [3.8, 4) is 0 Å². The topological polar surface area (TPSA) is 110 Å². The lowest BCUT2D eigenvalue weighted by atomic mass is 9.97. The highest BCUT2D eigenvalue weighted by molar-refractivity contribution is 5.76. The largest absolute Gasteiger partial charge is 0.394 e. The van der Waals surface area contributed by atoms with E-state index in [0.29, 0.717) is 13.0 Å². The van der Waals surface area contributed by atoms with Gasteiger partial charge in [0.15, 0.2) is 6.23 Å². The van der Waals surface area contributed by atoms with Crippen molar-refractivity contribution in [2.45, 2.75) is 173 Å². The van der Waals surface area contributed by atoms with Crippen LogP contribution in [0.1, 0.15) is 142 Å². The Morgan fingerprint density at radius 2 is 1.05 bits per heavy atom. The van der Waals surface area contributed by atoms with E-state index in [-0.39, 0.29) is 5.91 Å². The van der Waals surface area contributed by atoms with E-state index in [2.05, 4.69) is 13.8 Å². The third kappa shape index (κ3) is 14.3. The Labute approximate surface area is 227 Å². The molecule has 7 nitrogen and oxygen atoms in total. The zero-order valence-corrected chi connectivity index (χ0v) is 24.0. The molecule has 0 aromatic rings. The number of nitrogens with zero attached hydrogens (tertiary/aromatic N) is 1. The lowest BCUT2D eigenvalue weighted by molar-refractivity contribution is -0.262. The molecule has 0 aromatic carbocycles. The zero-order valence-electron chi connectivity index (χ0n) is 24.0. The molecule has 1 heterocycles. The summed E-state index contributed by atoms with van der Waals surface area (Å²) >= 11 is 0. The van der Waals surface area contributed by atoms with E-state index in [0.717, 1.165) is 38.5 Å². The third-order valence-corrected chi connectivity index (χ3v) is 7.74. The van der Waals surface area contributed by atoms with Gasteiger partial charge in [-0.25, -0.2) is 0 Å². The summed E-state index contributed by atoms with van der Waals surface area (Å²) < 4.78 is 5.74. The van der Waals surface area contributed by atoms with Crippen LogP contribution in [0.4, 0.5) is 0 Å². The number of aliphatic hydroxyl groups excluding tert-OH is 4. The minimum Gasteiger partial charge on any atom is -0.394 e. The molecule has 0 spiro atoms. The van der Waals surface area contributed by atoms with Gasteiger partial charge in [-0.1, -0.05) is 123 Å². The molecule has 4 N–H and O–H groups in total. The molecule has 0 bridgehead atoms. The molecule has 1 saturated heterocycles. The number of ether oxygens (including phenoxy) is 1. The van der Waals surface area contributed by atoms with Crippen molar-refractivity contribution < 1.29 is 30.0 Å². The van der Waals surface area contributed by atoms with Gasteiger partial charge in [0.1, 0.15) is 24.4 Å². The summed E-state index contributed by atoms with van der Waals surface area (Å²) in [6, 6.07) is 0. The fraction of sp³-hybridized carbons (Fsp3) is 0.967. The molecule has 0 saturated carbocycles. The summed E-state index contributed by atoms with van der Waals surface area (Å²) in [5.41, 5.74) is 0. The van der Waals surface area contributed by atoms with Crippen molar-refractivity contribution in [3.05, 3.63) is 0 Å². The molecule has 5 atom stereocenters. The number of unbranched alkanes of at least 4 members (excludes halogenated alkanes) is 17. The number of carbonyl (C=O) groups is 1. The monoisotopic (exact) mass is 529 g/mol. The highest BCUT2D eigenvalue weighted by Gasteiger charge is 2.46. The molecular formula is C30H59NO6. The molecule has 7 heteroatoms. The highest BCUT2D eigenvalue weighted by atomic mass is 16.6. The molecule has 0 radical (unpaired) electrons. The number of rotatable bonds is 23. The van der Waals surface area contributed by atoms with Crippen LogP contribution in [0.3, 0.4) is 0 Å². The zero-order chi connectivity index (χ0) is 27.3. The van der Waals surface area contributed by atoms with Gasteiger partial charge >= 0.3 is 0 Å². The number of carbonyl (C=O) groups excluding carboxylic acids is 1. The van der Waals surface area contributed by atoms with E-state index in [4.69, 9.17) is 4.74 Å². The van der Waals surface area contributed by atoms with Crippen LogP contribution in [0.25, 0.3) is 0 Å². The average Bonchev–Trinajstić information content (AvgIpc) is 2.90. The van der Waals surface area contributed by atoms with Gasteiger partial charge in [0.2, 0.25) is 5.91 Å². The van der Waals surface area contributed by atoms with Crippen LogP contribution >= 0.6 is 0 Å². The molecule has 1 rings (SSSR count). The molecule has 1 aliphatic heterocycles. The van der Waals surface area contributed by atoms with Crippen molar-refractivity contribution in [2.24, 2.45) is 0 Å². The standard InChI is InChI=1S/C30H59NO6/c1-3-5-7-9-11-13-15-17-19-21-23-31(30-29(36)28(35)27(34)25(24-32)37-30)26(33)22-20-18-16-14-12-10-8-6-4-2/h25,27-30,32,34-36H,3-24H2,1-2H3/t25-,27-,28+,29-,30?/m1/s1. The van der Waals surface area contributed by atoms with Gasteiger partial charge in [0.25, 0.3) is 0 Å². The predicted molar refractivity (Wildman–Crippen MR) is 149 cm³/mol. The Kier molecular flexibility index (Phi) is 20.5. The van der Waals surface area contributed by atoms with E-state index < -0.39 is 37.3 Å². The normalized spacial score (nSPS) is 23.9. The van der Waals surface area contributed by atoms with E-state index >= 15 is 0 Å². The first-order chi connectivity index (χ1) is 18.0. The molecule has 37 heavy (non-hydrogen) atoms. The van der Waals surface area contributed by atoms with Crippen LogP contribution in [-0.4, -0.2) is 75.0 Å². The van der Waals surface area contributed by atoms with Crippen LogP contribution < -0.4 is 0 Å². The molecule has 1 amide bonds. The first kappa shape index (κ1) is 34.3. The Morgan fingerprint density at radius 3 is 1.51 bits per heavy atom. The van der Waals surface area contributed by atoms with Crippen LogP contribution in [0.5, 0.6) is 0 Å². The predicted octanol–water partition coefficient (Wildman–Crippen LogP) is 5.46. The minimum atomic E-state index is -1.47. The summed E-state index contributed by atoms with van der Waals surface area (Å²) in [7, 11) is 0. The van der Waals surface area contributed by atoms with E-state index in [1.54, 1.807) is 0 Å². The second-order valence-electron chi connectivity index (χ2n) is 11.1. The maximum Gasteiger partial charge on any atom is 0.224 e. The maximum absolute atomic E-state index is 13.2. The van der Waals surface area contributed by atoms with Gasteiger partial charge in [0.05, 0.1) is 6.61 Å². The molecule has 220 valence electrons. The van der Waals surface area contributed by atoms with E-state index in [9.17, 15) is 25.2 Å². The van der Waals surface area contributed by atoms with Crippen molar-refractivity contribution in [2.75, 3.05) is 13.2 Å². The van der Waals surface area contributed by atoms with Crippen LogP contribution in [-0.2, 0) is 9.53 Å². The van der Waals surface area contributed by atoms with Gasteiger partial charge < -0.3 is 30.1 Å². The molecule has 1 aliphatic rings. The minimum absolute atomic E-state index is 0.0943. The van der Waals surface area contributed by atoms with Gasteiger partial charge in [-0.3, -0.25) is 4.79 Å². The highest BCUT2D eigenvalue weighted by Crippen LogP contribution is 2.25. The smallest absolute Gasteiger partial charge is 0.224 e. The molecule has 1 fully saturated rings. The van der Waals surface area contributed by atoms with Gasteiger partial charge in [-0.15, -0.1) is 0 Å². The van der Waals surface area contributed by atoms with E-state index in [1.807, 2.05) is 0 Å². The van der Waals surface area contributed by atoms with Crippen LogP contribution in [0.15, 0.2) is 0 Å². The lowest BCUT2D eigenvalue weighted by Crippen LogP contribution is -2.64. The fourth-order valence-corrected chi connectivity index (χ4v) is 5.23. The Bertz CT molecular complexity index is 546. The summed E-state index contributed by atoms with van der Waals surface area (Å²) in [6.07, 6.45) is 16.4. The Hall–Kier alpha value is -0.730. The number of hydrogen-bond donors (Lipinski definition) is 4. The lowest BCUT2D eigenvalue weighted by Gasteiger charge is -2.44. The second kappa shape index (κ2) is 22.1. The number of amides is 1. The number of hydrogen-bond acceptors (Lipinski definition) is 6. The van der Waals surface area contributed by atoms with Gasteiger partial charge in [0, 0.05) is 13.0 Å². The van der Waals surface area contributed by atoms with Crippen LogP contribution in [0.2, 0.25) is 0 Å². The SMILES string of the molecule is CCCCCCCCCCCCN(C(=O)CCCCCCCCCCC)C1O[C@H](CO)[C@@H](O)[C@H](O)[C@H]1O. The first-order valence-corrected chi connectivity index (χ1v) is 15.6. The summed E-state index contributed by atoms with van der Waals surface area (Å²) in [5.74, 6) is -0.0943. The Morgan fingerprint density at radius 1 is 0.622 bits per heavy atom. The molecule has 0 aromatic heterocycles. The number of aliphatic hydroxyl groups is 4. The summed E-state index contributed by atoms with van der Waals surface area (Å²) in [4.78, 5) is 14.7. The van der Waals surface area contributed by atoms with Crippen molar-refractivity contribution >= 4 is 5.91 Å². The fourth-order valence-electron chi connectivity index (χ4n) is 5.23. The van der Waals surface area contributed by atoms with Crippen molar-refractivity contribution in [3.63, 3.8) is 0 Å². The van der Waals surface area contributed by atoms with Crippen LogP contribution in [0, 0.1) is 0 Å². The van der Waals surface area contributed by atoms with Gasteiger partial charge in [-0.2, -0.15) is 0 Å². The maximum atomic E-state index is 13.2. The molecule has 0 aliphatic carbocycles. The first-order valence-electron chi connectivity index (χ1n) is 15.6. The van der Waals surface area contributed by atoms with Crippen molar-refractivity contribution in [1.82, 2.24) is 4.90 Å². The average molecular weight is 530 g/mol. The quantitative estimate of drug-likeness (QED) is 0.131. The molecular weight excluding hydrogens is 470 g/mol. The summed E-state index contributed by atoms with van der Waals surface area (Å²) in [5, 5.41) is 40.6. The van der Waals surface area contributed by atoms with Gasteiger partial charge in [-0.05, 0) is 12.8 Å².